The van der Waals surface area contributed by atoms with Gasteiger partial charge in [0.25, 0.3) is 5.91 Å². The molecule has 1 aliphatic heterocycles. The Morgan fingerprint density at radius 2 is 2.07 bits per heavy atom. The van der Waals surface area contributed by atoms with Gasteiger partial charge in [0.15, 0.2) is 0 Å². The highest BCUT2D eigenvalue weighted by Crippen LogP contribution is 2.21. The van der Waals surface area contributed by atoms with Crippen molar-refractivity contribution in [2.24, 2.45) is 0 Å². The van der Waals surface area contributed by atoms with Crippen LogP contribution in [0.3, 0.4) is 0 Å². The Balaban J connectivity index is 1.50. The number of pyridine rings is 1. The van der Waals surface area contributed by atoms with Crippen molar-refractivity contribution < 1.29 is 14.3 Å². The van der Waals surface area contributed by atoms with Crippen molar-refractivity contribution in [2.45, 2.75) is 38.5 Å². The first-order chi connectivity index (χ1) is 13.7. The fourth-order valence-corrected chi connectivity index (χ4v) is 3.46. The van der Waals surface area contributed by atoms with Gasteiger partial charge in [-0.15, -0.1) is 0 Å². The number of nitrogens with zero attached hydrogens (tertiary/aromatic N) is 2. The molecule has 28 heavy (non-hydrogen) atoms. The average molecular weight is 383 g/mol. The summed E-state index contributed by atoms with van der Waals surface area (Å²) in [7, 11) is 1.74. The predicted molar refractivity (Wildman–Crippen MR) is 108 cm³/mol. The molecule has 0 radical (unpaired) electrons. The van der Waals surface area contributed by atoms with Crippen molar-refractivity contribution >= 4 is 5.91 Å². The van der Waals surface area contributed by atoms with E-state index in [1.807, 2.05) is 36.4 Å². The maximum absolute atomic E-state index is 12.4. The molecule has 3 rings (SSSR count). The summed E-state index contributed by atoms with van der Waals surface area (Å²) in [4.78, 5) is 19.1. The highest BCUT2D eigenvalue weighted by Gasteiger charge is 2.24. The summed E-state index contributed by atoms with van der Waals surface area (Å²) in [5, 5.41) is 2.90. The normalized spacial score (nSPS) is 16.5. The van der Waals surface area contributed by atoms with Crippen LogP contribution in [0.1, 0.15) is 35.8 Å². The fraction of sp³-hybridized carbons (Fsp3) is 0.455. The Bertz CT molecular complexity index is 746. The zero-order valence-corrected chi connectivity index (χ0v) is 16.6. The molecule has 0 spiro atoms. The van der Waals surface area contributed by atoms with Gasteiger partial charge < -0.3 is 14.8 Å². The number of carbonyl (C=O) groups is 1. The molecule has 1 aromatic carbocycles. The highest BCUT2D eigenvalue weighted by molar-refractivity contribution is 5.94. The van der Waals surface area contributed by atoms with Gasteiger partial charge in [0.1, 0.15) is 11.9 Å². The molecule has 1 aliphatic rings. The number of rotatable bonds is 8. The lowest BCUT2D eigenvalue weighted by atomic mass is 10.1. The van der Waals surface area contributed by atoms with Crippen molar-refractivity contribution in [3.63, 3.8) is 0 Å². The van der Waals surface area contributed by atoms with Crippen LogP contribution in [0, 0.1) is 0 Å². The van der Waals surface area contributed by atoms with Gasteiger partial charge in [-0.25, -0.2) is 0 Å². The van der Waals surface area contributed by atoms with E-state index >= 15 is 0 Å². The van der Waals surface area contributed by atoms with E-state index in [1.165, 1.54) is 0 Å². The van der Waals surface area contributed by atoms with Crippen molar-refractivity contribution in [2.75, 3.05) is 26.8 Å². The van der Waals surface area contributed by atoms with Gasteiger partial charge in [-0.1, -0.05) is 12.1 Å². The number of piperidine rings is 1. The third-order valence-corrected chi connectivity index (χ3v) is 5.06. The van der Waals surface area contributed by atoms with E-state index in [0.717, 1.165) is 44.0 Å². The Hall–Kier alpha value is -2.44. The minimum Gasteiger partial charge on any atom is -0.490 e. The first kappa shape index (κ1) is 20.3. The maximum Gasteiger partial charge on any atom is 0.251 e. The molecule has 1 saturated heterocycles. The predicted octanol–water partition coefficient (Wildman–Crippen LogP) is 2.89. The Kier molecular flexibility index (Phi) is 7.39. The molecule has 1 aromatic heterocycles. The lowest BCUT2D eigenvalue weighted by Crippen LogP contribution is -2.44. The summed E-state index contributed by atoms with van der Waals surface area (Å²) in [5.74, 6) is 0.619. The lowest BCUT2D eigenvalue weighted by molar-refractivity contribution is 0.0474. The molecule has 1 N–H and O–H groups in total. The summed E-state index contributed by atoms with van der Waals surface area (Å²) in [6, 6.07) is 13.5. The summed E-state index contributed by atoms with van der Waals surface area (Å²) < 4.78 is 11.4. The molecular formula is C22H29N3O3. The molecule has 6 nitrogen and oxygen atoms in total. The topological polar surface area (TPSA) is 63.7 Å². The molecule has 0 saturated carbocycles. The lowest BCUT2D eigenvalue weighted by Gasteiger charge is -2.35. The molecule has 1 atom stereocenters. The van der Waals surface area contributed by atoms with Crippen LogP contribution in [0.15, 0.2) is 48.7 Å². The number of ether oxygens (including phenoxy) is 2. The van der Waals surface area contributed by atoms with Crippen LogP contribution in [0.5, 0.6) is 5.75 Å². The van der Waals surface area contributed by atoms with Crippen molar-refractivity contribution in [1.29, 1.82) is 0 Å². The summed E-state index contributed by atoms with van der Waals surface area (Å²) in [6.45, 7) is 5.35. The van der Waals surface area contributed by atoms with Crippen molar-refractivity contribution in [3.8, 4) is 5.75 Å². The van der Waals surface area contributed by atoms with Crippen LogP contribution in [-0.4, -0.2) is 54.7 Å². The number of likely N-dealkylation sites (tertiary alicyclic amines) is 1. The zero-order chi connectivity index (χ0) is 19.8. The van der Waals surface area contributed by atoms with Crippen LogP contribution >= 0.6 is 0 Å². The molecule has 0 bridgehead atoms. The quantitative estimate of drug-likeness (QED) is 0.759. The van der Waals surface area contributed by atoms with Crippen LogP contribution in [0.4, 0.5) is 0 Å². The van der Waals surface area contributed by atoms with Gasteiger partial charge >= 0.3 is 0 Å². The Morgan fingerprint density at radius 1 is 1.25 bits per heavy atom. The number of aromatic nitrogens is 1. The second kappa shape index (κ2) is 10.2. The van der Waals surface area contributed by atoms with Gasteiger partial charge in [0, 0.05) is 38.0 Å². The summed E-state index contributed by atoms with van der Waals surface area (Å²) in [5.41, 5.74) is 1.43. The maximum atomic E-state index is 12.4. The van der Waals surface area contributed by atoms with E-state index in [1.54, 1.807) is 19.4 Å². The largest absolute Gasteiger partial charge is 0.490 e. The smallest absolute Gasteiger partial charge is 0.251 e. The molecule has 150 valence electrons. The third kappa shape index (κ3) is 5.78. The highest BCUT2D eigenvalue weighted by atomic mass is 16.5. The van der Waals surface area contributed by atoms with E-state index in [9.17, 15) is 4.79 Å². The fourth-order valence-electron chi connectivity index (χ4n) is 3.46. The molecule has 1 amide bonds. The second-order valence-corrected chi connectivity index (χ2v) is 7.19. The molecule has 0 aliphatic carbocycles. The Morgan fingerprint density at radius 3 is 2.79 bits per heavy atom. The van der Waals surface area contributed by atoms with Gasteiger partial charge in [-0.2, -0.15) is 0 Å². The number of amides is 1. The van der Waals surface area contributed by atoms with E-state index in [2.05, 4.69) is 22.1 Å². The monoisotopic (exact) mass is 383 g/mol. The standard InChI is InChI=1S/C22H29N3O3/c1-17(16-27-2)25-12-9-20(10-13-25)28-21-8-5-6-18(14-21)22(26)24-15-19-7-3-4-11-23-19/h3-8,11,14,17,20H,9-10,12-13,15-16H2,1-2H3,(H,24,26). The third-order valence-electron chi connectivity index (χ3n) is 5.06. The molecule has 6 heteroatoms. The van der Waals surface area contributed by atoms with Crippen molar-refractivity contribution in [1.82, 2.24) is 15.2 Å². The zero-order valence-electron chi connectivity index (χ0n) is 16.6. The van der Waals surface area contributed by atoms with Crippen LogP contribution in [-0.2, 0) is 11.3 Å². The SMILES string of the molecule is COCC(C)N1CCC(Oc2cccc(C(=O)NCc3ccccn3)c2)CC1. The number of hydrogen-bond acceptors (Lipinski definition) is 5. The number of carbonyl (C=O) groups excluding carboxylic acids is 1. The minimum atomic E-state index is -0.126. The van der Waals surface area contributed by atoms with E-state index in [4.69, 9.17) is 9.47 Å². The van der Waals surface area contributed by atoms with Gasteiger partial charge in [0.2, 0.25) is 0 Å². The molecular weight excluding hydrogens is 354 g/mol. The molecule has 2 heterocycles. The van der Waals surface area contributed by atoms with E-state index in [0.29, 0.717) is 18.2 Å². The summed E-state index contributed by atoms with van der Waals surface area (Å²) in [6.07, 6.45) is 3.85. The van der Waals surface area contributed by atoms with Crippen LogP contribution < -0.4 is 10.1 Å². The number of hydrogen-bond donors (Lipinski definition) is 1. The van der Waals surface area contributed by atoms with Crippen molar-refractivity contribution in [3.05, 3.63) is 59.9 Å². The number of benzene rings is 1. The van der Waals surface area contributed by atoms with Gasteiger partial charge in [-0.05, 0) is 50.1 Å². The molecule has 2 aromatic rings. The van der Waals surface area contributed by atoms with Gasteiger partial charge in [0.05, 0.1) is 18.8 Å². The van der Waals surface area contributed by atoms with E-state index in [-0.39, 0.29) is 12.0 Å². The first-order valence-corrected chi connectivity index (χ1v) is 9.83. The molecule has 1 fully saturated rings. The average Bonchev–Trinajstić information content (AvgIpc) is 2.73. The number of nitrogens with one attached hydrogen (secondary N) is 1. The second-order valence-electron chi connectivity index (χ2n) is 7.19. The number of methoxy groups -OCH3 is 1. The van der Waals surface area contributed by atoms with Crippen LogP contribution in [0.25, 0.3) is 0 Å². The molecule has 1 unspecified atom stereocenters. The van der Waals surface area contributed by atoms with Gasteiger partial charge in [-0.3, -0.25) is 14.7 Å². The first-order valence-electron chi connectivity index (χ1n) is 9.83. The van der Waals surface area contributed by atoms with Crippen LogP contribution in [0.2, 0.25) is 0 Å². The summed E-state index contributed by atoms with van der Waals surface area (Å²) >= 11 is 0. The van der Waals surface area contributed by atoms with E-state index < -0.39 is 0 Å². The Labute approximate surface area is 166 Å². The minimum absolute atomic E-state index is 0.126.